The average Bonchev–Trinajstić information content (AvgIpc) is 2.87. The summed E-state index contributed by atoms with van der Waals surface area (Å²) in [5.41, 5.74) is 7.04. The summed E-state index contributed by atoms with van der Waals surface area (Å²) in [6.45, 7) is 0. The number of ether oxygens (including phenoxy) is 1. The highest BCUT2D eigenvalue weighted by molar-refractivity contribution is 9.10. The van der Waals surface area contributed by atoms with Gasteiger partial charge in [0.05, 0.1) is 12.6 Å². The summed E-state index contributed by atoms with van der Waals surface area (Å²) in [5.74, 6) is 0.873. The number of aromatic nitrogens is 1. The number of nitrogens with zero attached hydrogens (tertiary/aromatic N) is 1. The quantitative estimate of drug-likeness (QED) is 0.323. The number of nitrogens with one attached hydrogen (secondary N) is 1. The van der Waals surface area contributed by atoms with Crippen LogP contribution in [0.1, 0.15) is 41.4 Å². The molecule has 1 aliphatic heterocycles. The Morgan fingerprint density at radius 2 is 1.85 bits per heavy atom. The monoisotopic (exact) mass is 510 g/mol. The number of pyridine rings is 1. The van der Waals surface area contributed by atoms with E-state index in [1.54, 1.807) is 13.3 Å². The topological polar surface area (TPSA) is 51.2 Å². The lowest BCUT2D eigenvalue weighted by Crippen LogP contribution is -2.30. The van der Waals surface area contributed by atoms with Crippen LogP contribution in [0.25, 0.3) is 10.9 Å². The molecule has 0 amide bonds. The Morgan fingerprint density at radius 1 is 1.00 bits per heavy atom. The van der Waals surface area contributed by atoms with Crippen molar-refractivity contribution >= 4 is 38.3 Å². The first-order valence-electron chi connectivity index (χ1n) is 11.4. The lowest BCUT2D eigenvalue weighted by atomic mass is 9.71. The third kappa shape index (κ3) is 3.43. The smallest absolute Gasteiger partial charge is 0.162 e. The Kier molecular flexibility index (Phi) is 5.22. The van der Waals surface area contributed by atoms with Gasteiger partial charge in [0.1, 0.15) is 5.75 Å². The minimum absolute atomic E-state index is 0.161. The van der Waals surface area contributed by atoms with Crippen LogP contribution in [0.4, 0.5) is 5.69 Å². The Bertz CT molecular complexity index is 1460. The predicted molar refractivity (Wildman–Crippen MR) is 138 cm³/mol. The van der Waals surface area contributed by atoms with Crippen LogP contribution >= 0.6 is 15.9 Å². The molecule has 0 bridgehead atoms. The normalized spacial score (nSPS) is 19.4. The van der Waals surface area contributed by atoms with Gasteiger partial charge in [-0.05, 0) is 59.9 Å². The largest absolute Gasteiger partial charge is 0.496 e. The van der Waals surface area contributed by atoms with Crippen molar-refractivity contribution in [2.45, 2.75) is 24.7 Å². The molecule has 2 aliphatic rings. The van der Waals surface area contributed by atoms with Crippen molar-refractivity contribution in [1.29, 1.82) is 0 Å². The van der Waals surface area contributed by atoms with Gasteiger partial charge in [-0.15, -0.1) is 0 Å². The summed E-state index contributed by atoms with van der Waals surface area (Å²) in [7, 11) is 1.68. The second-order valence-electron chi connectivity index (χ2n) is 8.87. The number of Topliss-reactive ketones (excluding diaryl/α,β-unsaturated/α-hetero) is 1. The average molecular weight is 511 g/mol. The number of fused-ring (bicyclic) bond motifs is 3. The minimum Gasteiger partial charge on any atom is -0.496 e. The van der Waals surface area contributed by atoms with Crippen LogP contribution in [-0.2, 0) is 4.79 Å². The highest BCUT2D eigenvalue weighted by atomic mass is 79.9. The standard InChI is InChI=1S/C29H23BrN2O2/c1-34-26-12-9-19(30)16-21(26)28-27-20-8-5-13-31-22(20)10-11-23(27)32-24-14-18(15-25(33)29(24)28)17-6-3-2-4-7-17/h2-13,16,18,28,32H,14-15H2,1H3/t18-,28+/m0/s1. The fourth-order valence-corrected chi connectivity index (χ4v) is 5.87. The zero-order valence-electron chi connectivity index (χ0n) is 18.7. The molecule has 5 heteroatoms. The lowest BCUT2D eigenvalue weighted by molar-refractivity contribution is -0.116. The van der Waals surface area contributed by atoms with Gasteiger partial charge in [0, 0.05) is 50.9 Å². The van der Waals surface area contributed by atoms with E-state index in [9.17, 15) is 4.79 Å². The summed E-state index contributed by atoms with van der Waals surface area (Å²) in [6, 6.07) is 24.5. The Hall–Kier alpha value is -3.44. The molecule has 0 saturated heterocycles. The second-order valence-corrected chi connectivity index (χ2v) is 9.79. The maximum Gasteiger partial charge on any atom is 0.162 e. The number of halogens is 1. The molecule has 168 valence electrons. The molecule has 0 spiro atoms. The lowest BCUT2D eigenvalue weighted by Gasteiger charge is -2.37. The first kappa shape index (κ1) is 21.1. The zero-order chi connectivity index (χ0) is 23.2. The zero-order valence-corrected chi connectivity index (χ0v) is 20.3. The molecule has 0 fully saturated rings. The molecule has 6 rings (SSSR count). The van der Waals surface area contributed by atoms with Gasteiger partial charge in [-0.1, -0.05) is 52.3 Å². The second kappa shape index (κ2) is 8.41. The molecule has 3 aromatic carbocycles. The molecule has 0 saturated carbocycles. The van der Waals surface area contributed by atoms with Crippen molar-refractivity contribution in [3.05, 3.63) is 111 Å². The van der Waals surface area contributed by atoms with Gasteiger partial charge in [-0.2, -0.15) is 0 Å². The molecular formula is C29H23BrN2O2. The van der Waals surface area contributed by atoms with Crippen LogP contribution in [0.15, 0.2) is 94.7 Å². The molecule has 4 nitrogen and oxygen atoms in total. The van der Waals surface area contributed by atoms with E-state index in [4.69, 9.17) is 4.74 Å². The third-order valence-corrected chi connectivity index (χ3v) is 7.46. The van der Waals surface area contributed by atoms with Crippen LogP contribution in [0, 0.1) is 0 Å². The van der Waals surface area contributed by atoms with Gasteiger partial charge in [0.15, 0.2) is 5.78 Å². The first-order valence-corrected chi connectivity index (χ1v) is 12.2. The number of anilines is 1. The number of allylic oxidation sites excluding steroid dienone is 2. The summed E-state index contributed by atoms with van der Waals surface area (Å²) >= 11 is 3.64. The SMILES string of the molecule is COc1ccc(Br)cc1[C@H]1C2=C(C[C@H](c3ccccc3)CC2=O)Nc2ccc3ncccc3c21. The van der Waals surface area contributed by atoms with Gasteiger partial charge >= 0.3 is 0 Å². The van der Waals surface area contributed by atoms with E-state index in [1.165, 1.54) is 5.56 Å². The van der Waals surface area contributed by atoms with Crippen molar-refractivity contribution < 1.29 is 9.53 Å². The maximum atomic E-state index is 13.9. The van der Waals surface area contributed by atoms with E-state index >= 15 is 0 Å². The third-order valence-electron chi connectivity index (χ3n) is 6.97. The molecule has 0 unspecified atom stereocenters. The van der Waals surface area contributed by atoms with Crippen molar-refractivity contribution in [3.8, 4) is 5.75 Å². The predicted octanol–water partition coefficient (Wildman–Crippen LogP) is 6.96. The van der Waals surface area contributed by atoms with Crippen molar-refractivity contribution in [2.75, 3.05) is 12.4 Å². The van der Waals surface area contributed by atoms with E-state index in [0.29, 0.717) is 6.42 Å². The summed E-state index contributed by atoms with van der Waals surface area (Å²) < 4.78 is 6.75. The van der Waals surface area contributed by atoms with Gasteiger partial charge in [-0.3, -0.25) is 9.78 Å². The number of methoxy groups -OCH3 is 1. The van der Waals surface area contributed by atoms with Crippen LogP contribution in [0.2, 0.25) is 0 Å². The first-order chi connectivity index (χ1) is 16.6. The number of rotatable bonds is 3. The van der Waals surface area contributed by atoms with Crippen molar-refractivity contribution in [2.24, 2.45) is 0 Å². The van der Waals surface area contributed by atoms with E-state index in [-0.39, 0.29) is 17.6 Å². The fourth-order valence-electron chi connectivity index (χ4n) is 5.49. The highest BCUT2D eigenvalue weighted by Crippen LogP contribution is 2.51. The Morgan fingerprint density at radius 3 is 2.68 bits per heavy atom. The van der Waals surface area contributed by atoms with Crippen LogP contribution in [-0.4, -0.2) is 17.9 Å². The van der Waals surface area contributed by atoms with E-state index in [1.807, 2.05) is 42.5 Å². The molecule has 1 N–H and O–H groups in total. The minimum atomic E-state index is -0.240. The van der Waals surface area contributed by atoms with Crippen LogP contribution in [0.5, 0.6) is 5.75 Å². The Labute approximate surface area is 206 Å². The number of carbonyl (C=O) groups excluding carboxylic acids is 1. The maximum absolute atomic E-state index is 13.9. The molecule has 0 radical (unpaired) electrons. The fraction of sp³-hybridized carbons (Fsp3) is 0.172. The summed E-state index contributed by atoms with van der Waals surface area (Å²) in [4.78, 5) is 18.4. The molecule has 1 aromatic heterocycles. The van der Waals surface area contributed by atoms with Gasteiger partial charge in [0.2, 0.25) is 0 Å². The molecule has 34 heavy (non-hydrogen) atoms. The highest BCUT2D eigenvalue weighted by Gasteiger charge is 2.40. The number of hydrogen-bond donors (Lipinski definition) is 1. The van der Waals surface area contributed by atoms with E-state index in [0.717, 1.165) is 55.6 Å². The number of hydrogen-bond acceptors (Lipinski definition) is 4. The molecule has 4 aromatic rings. The number of ketones is 1. The summed E-state index contributed by atoms with van der Waals surface area (Å²) in [5, 5.41) is 4.70. The number of benzene rings is 3. The van der Waals surface area contributed by atoms with Crippen molar-refractivity contribution in [3.63, 3.8) is 0 Å². The van der Waals surface area contributed by atoms with Gasteiger partial charge in [-0.25, -0.2) is 0 Å². The number of carbonyl (C=O) groups is 1. The molecular weight excluding hydrogens is 488 g/mol. The molecule has 2 atom stereocenters. The Balaban J connectivity index is 1.60. The van der Waals surface area contributed by atoms with Gasteiger partial charge < -0.3 is 10.1 Å². The summed E-state index contributed by atoms with van der Waals surface area (Å²) in [6.07, 6.45) is 3.10. The van der Waals surface area contributed by atoms with Crippen molar-refractivity contribution in [1.82, 2.24) is 4.98 Å². The van der Waals surface area contributed by atoms with E-state index in [2.05, 4.69) is 56.6 Å². The van der Waals surface area contributed by atoms with Crippen LogP contribution < -0.4 is 10.1 Å². The van der Waals surface area contributed by atoms with Crippen LogP contribution in [0.3, 0.4) is 0 Å². The molecule has 2 heterocycles. The molecule has 1 aliphatic carbocycles. The van der Waals surface area contributed by atoms with E-state index < -0.39 is 0 Å². The van der Waals surface area contributed by atoms with Gasteiger partial charge in [0.25, 0.3) is 0 Å².